The van der Waals surface area contributed by atoms with Crippen molar-refractivity contribution in [3.8, 4) is 17.1 Å². The van der Waals surface area contributed by atoms with E-state index in [9.17, 15) is 4.79 Å². The number of nitrogens with two attached hydrogens (primary N) is 1. The normalized spacial score (nSPS) is 12.2. The zero-order valence-corrected chi connectivity index (χ0v) is 16.3. The van der Waals surface area contributed by atoms with Crippen LogP contribution in [0.4, 0.5) is 5.95 Å². The maximum absolute atomic E-state index is 12.5. The highest BCUT2D eigenvalue weighted by Gasteiger charge is 2.14. The summed E-state index contributed by atoms with van der Waals surface area (Å²) in [5.41, 5.74) is 8.34. The lowest BCUT2D eigenvalue weighted by atomic mass is 10.1. The number of ether oxygens (including phenoxy) is 1. The molecular weight excluding hydrogens is 358 g/mol. The summed E-state index contributed by atoms with van der Waals surface area (Å²) in [6, 6.07) is 7.19. The number of nitrogens with one attached hydrogen (secondary N) is 1. The molecule has 28 heavy (non-hydrogen) atoms. The van der Waals surface area contributed by atoms with Crippen molar-refractivity contribution in [3.05, 3.63) is 36.0 Å². The first kappa shape index (κ1) is 19.4. The van der Waals surface area contributed by atoms with Crippen LogP contribution in [0.5, 0.6) is 5.88 Å². The van der Waals surface area contributed by atoms with E-state index in [4.69, 9.17) is 10.5 Å². The molecule has 0 aliphatic heterocycles. The van der Waals surface area contributed by atoms with E-state index in [1.807, 2.05) is 38.9 Å². The fourth-order valence-corrected chi connectivity index (χ4v) is 2.50. The van der Waals surface area contributed by atoms with Crippen molar-refractivity contribution in [2.75, 3.05) is 26.4 Å². The molecule has 1 amide bonds. The van der Waals surface area contributed by atoms with E-state index in [0.29, 0.717) is 29.0 Å². The lowest BCUT2D eigenvalue weighted by Crippen LogP contribution is -2.42. The van der Waals surface area contributed by atoms with E-state index >= 15 is 0 Å². The molecule has 0 radical (unpaired) electrons. The molecule has 1 aromatic carbocycles. The van der Waals surface area contributed by atoms with E-state index in [0.717, 1.165) is 5.56 Å². The van der Waals surface area contributed by atoms with Crippen LogP contribution in [0.1, 0.15) is 24.2 Å². The van der Waals surface area contributed by atoms with Crippen LogP contribution in [0.15, 0.2) is 30.5 Å². The summed E-state index contributed by atoms with van der Waals surface area (Å²) in [7, 11) is 3.80. The van der Waals surface area contributed by atoms with Gasteiger partial charge in [-0.3, -0.25) is 9.69 Å². The maximum atomic E-state index is 12.5. The summed E-state index contributed by atoms with van der Waals surface area (Å²) in [4.78, 5) is 31.5. The second-order valence-electron chi connectivity index (χ2n) is 6.44. The van der Waals surface area contributed by atoms with Crippen molar-refractivity contribution < 1.29 is 9.53 Å². The second-order valence-corrected chi connectivity index (χ2v) is 6.44. The molecule has 0 saturated heterocycles. The molecule has 3 N–H and O–H groups in total. The number of fused-ring (bicyclic) bond motifs is 1. The lowest BCUT2D eigenvalue weighted by Gasteiger charge is -2.21. The molecule has 146 valence electrons. The topological polar surface area (TPSA) is 119 Å². The Balaban J connectivity index is 1.97. The van der Waals surface area contributed by atoms with Crippen LogP contribution < -0.4 is 15.8 Å². The molecule has 0 spiro atoms. The Kier molecular flexibility index (Phi) is 5.65. The average Bonchev–Trinajstić information content (AvgIpc) is 2.67. The van der Waals surface area contributed by atoms with Crippen LogP contribution in [0.2, 0.25) is 0 Å². The number of anilines is 1. The number of hydrogen-bond donors (Lipinski definition) is 2. The first-order chi connectivity index (χ1) is 13.4. The first-order valence-electron chi connectivity index (χ1n) is 8.89. The predicted molar refractivity (Wildman–Crippen MR) is 107 cm³/mol. The Morgan fingerprint density at radius 2 is 2.07 bits per heavy atom. The quantitative estimate of drug-likeness (QED) is 0.619. The molecule has 9 nitrogen and oxygen atoms in total. The molecular formula is C19H23N7O2. The number of benzene rings is 1. The van der Waals surface area contributed by atoms with Crippen molar-refractivity contribution in [2.45, 2.75) is 20.0 Å². The monoisotopic (exact) mass is 381 g/mol. The molecule has 3 aromatic rings. The van der Waals surface area contributed by atoms with Gasteiger partial charge < -0.3 is 15.8 Å². The zero-order chi connectivity index (χ0) is 20.3. The minimum atomic E-state index is -0.164. The van der Waals surface area contributed by atoms with Crippen molar-refractivity contribution in [2.24, 2.45) is 0 Å². The van der Waals surface area contributed by atoms with Gasteiger partial charge >= 0.3 is 0 Å². The average molecular weight is 381 g/mol. The summed E-state index contributed by atoms with van der Waals surface area (Å²) < 4.78 is 5.52. The summed E-state index contributed by atoms with van der Waals surface area (Å²) in [5.74, 6) is 0.197. The van der Waals surface area contributed by atoms with E-state index < -0.39 is 0 Å². The van der Waals surface area contributed by atoms with Crippen LogP contribution in [0.3, 0.4) is 0 Å². The number of carbonyl (C=O) groups excluding carboxylic acids is 1. The highest BCUT2D eigenvalue weighted by Crippen LogP contribution is 2.24. The minimum absolute atomic E-state index is 0.0756. The second kappa shape index (κ2) is 8.13. The fourth-order valence-electron chi connectivity index (χ4n) is 2.50. The molecule has 3 rings (SSSR count). The van der Waals surface area contributed by atoms with Gasteiger partial charge in [0.05, 0.1) is 24.7 Å². The van der Waals surface area contributed by atoms with E-state index in [1.54, 1.807) is 24.4 Å². The molecule has 2 heterocycles. The summed E-state index contributed by atoms with van der Waals surface area (Å²) in [6.07, 6.45) is 1.50. The van der Waals surface area contributed by atoms with Crippen LogP contribution >= 0.6 is 0 Å². The molecule has 0 aliphatic rings. The third-order valence-electron chi connectivity index (χ3n) is 4.21. The third-order valence-corrected chi connectivity index (χ3v) is 4.21. The molecule has 0 aliphatic carbocycles. The van der Waals surface area contributed by atoms with Crippen LogP contribution in [0.25, 0.3) is 22.4 Å². The Bertz CT molecular complexity index is 1010. The number of rotatable bonds is 6. The molecule has 0 fully saturated rings. The number of carbonyl (C=O) groups is 1. The van der Waals surface area contributed by atoms with Gasteiger partial charge in [0.1, 0.15) is 0 Å². The Hall–Kier alpha value is -3.33. The van der Waals surface area contributed by atoms with Gasteiger partial charge in [-0.1, -0.05) is 12.1 Å². The number of aromatic nitrogens is 4. The Labute approximate surface area is 163 Å². The first-order valence-corrected chi connectivity index (χ1v) is 8.89. The van der Waals surface area contributed by atoms with E-state index in [1.165, 1.54) is 0 Å². The number of nitrogen functional groups attached to an aromatic ring is 1. The van der Waals surface area contributed by atoms with Gasteiger partial charge in [0.25, 0.3) is 5.91 Å². The van der Waals surface area contributed by atoms with E-state index in [-0.39, 0.29) is 23.9 Å². The van der Waals surface area contributed by atoms with Crippen LogP contribution in [-0.2, 0) is 0 Å². The van der Waals surface area contributed by atoms with Crippen molar-refractivity contribution in [1.82, 2.24) is 30.2 Å². The van der Waals surface area contributed by atoms with Gasteiger partial charge in [-0.25, -0.2) is 9.97 Å². The summed E-state index contributed by atoms with van der Waals surface area (Å²) in [5, 5.41) is 2.93. The van der Waals surface area contributed by atoms with Crippen molar-refractivity contribution in [3.63, 3.8) is 0 Å². The van der Waals surface area contributed by atoms with Crippen molar-refractivity contribution >= 4 is 23.0 Å². The van der Waals surface area contributed by atoms with Gasteiger partial charge in [0, 0.05) is 11.1 Å². The lowest BCUT2D eigenvalue weighted by molar-refractivity contribution is 0.0900. The standard InChI is InChI=1S/C19H23N7O2/c1-5-28-18-15-16(24-19(20)25-18)21-10-14(23-15)12-7-6-8-13(9-12)17(27)22-11(2)26(3)4/h6-11H,5H2,1-4H3,(H,22,27)(H2,20,21,24,25). The molecule has 0 bridgehead atoms. The summed E-state index contributed by atoms with van der Waals surface area (Å²) in [6.45, 7) is 4.17. The fraction of sp³-hybridized carbons (Fsp3) is 0.316. The number of hydrogen-bond acceptors (Lipinski definition) is 8. The smallest absolute Gasteiger partial charge is 0.252 e. The molecule has 1 atom stereocenters. The number of amides is 1. The molecule has 0 saturated carbocycles. The third kappa shape index (κ3) is 4.15. The van der Waals surface area contributed by atoms with Gasteiger partial charge in [-0.2, -0.15) is 9.97 Å². The van der Waals surface area contributed by atoms with Gasteiger partial charge in [0.2, 0.25) is 11.8 Å². The number of nitrogens with zero attached hydrogens (tertiary/aromatic N) is 5. The van der Waals surface area contributed by atoms with Crippen LogP contribution in [0, 0.1) is 0 Å². The highest BCUT2D eigenvalue weighted by molar-refractivity contribution is 5.95. The van der Waals surface area contributed by atoms with Crippen LogP contribution in [-0.4, -0.2) is 57.6 Å². The Morgan fingerprint density at radius 3 is 2.79 bits per heavy atom. The Morgan fingerprint density at radius 1 is 1.29 bits per heavy atom. The van der Waals surface area contributed by atoms with Crippen molar-refractivity contribution in [1.29, 1.82) is 0 Å². The molecule has 1 unspecified atom stereocenters. The minimum Gasteiger partial charge on any atom is -0.476 e. The summed E-state index contributed by atoms with van der Waals surface area (Å²) >= 11 is 0. The predicted octanol–water partition coefficient (Wildman–Crippen LogP) is 1.71. The highest BCUT2D eigenvalue weighted by atomic mass is 16.5. The van der Waals surface area contributed by atoms with E-state index in [2.05, 4.69) is 25.3 Å². The van der Waals surface area contributed by atoms with Gasteiger partial charge in [-0.05, 0) is 40.1 Å². The maximum Gasteiger partial charge on any atom is 0.252 e. The molecule has 2 aromatic heterocycles. The van der Waals surface area contributed by atoms with Gasteiger partial charge in [-0.15, -0.1) is 0 Å². The van der Waals surface area contributed by atoms with Gasteiger partial charge in [0.15, 0.2) is 11.2 Å². The zero-order valence-electron chi connectivity index (χ0n) is 16.3. The SMILES string of the molecule is CCOc1nc(N)nc2ncc(-c3cccc(C(=O)NC(C)N(C)C)c3)nc12. The largest absolute Gasteiger partial charge is 0.476 e. The molecule has 9 heteroatoms.